The van der Waals surface area contributed by atoms with Gasteiger partial charge in [0.25, 0.3) is 0 Å². The number of halogens is 2. The molecular formula is C40H48Cl2N8O7S. The summed E-state index contributed by atoms with van der Waals surface area (Å²) >= 11 is 15.2. The van der Waals surface area contributed by atoms with E-state index in [0.29, 0.717) is 72.9 Å². The molecule has 2 fully saturated rings. The number of thiophene rings is 1. The molecule has 0 radical (unpaired) electrons. The highest BCUT2D eigenvalue weighted by molar-refractivity contribution is 7.19. The van der Waals surface area contributed by atoms with E-state index in [-0.39, 0.29) is 40.9 Å². The van der Waals surface area contributed by atoms with Crippen molar-refractivity contribution in [3.63, 3.8) is 0 Å². The Hall–Kier alpha value is -4.80. The molecule has 7 rings (SSSR count). The van der Waals surface area contributed by atoms with E-state index in [0.717, 1.165) is 39.3 Å². The molecule has 58 heavy (non-hydrogen) atoms. The fourth-order valence-corrected chi connectivity index (χ4v) is 9.80. The van der Waals surface area contributed by atoms with Crippen LogP contribution < -0.4 is 15.4 Å². The number of amides is 4. The number of alkyl carbamates (subject to hydrolysis) is 2. The third-order valence-electron chi connectivity index (χ3n) is 11.0. The summed E-state index contributed by atoms with van der Waals surface area (Å²) in [6.45, 7) is 9.03. The van der Waals surface area contributed by atoms with Gasteiger partial charge in [-0.3, -0.25) is 9.59 Å². The van der Waals surface area contributed by atoms with E-state index in [9.17, 15) is 19.2 Å². The second-order valence-corrected chi connectivity index (χ2v) is 17.2. The van der Waals surface area contributed by atoms with E-state index >= 15 is 0 Å². The van der Waals surface area contributed by atoms with Crippen LogP contribution in [-0.4, -0.2) is 99.7 Å². The van der Waals surface area contributed by atoms with Crippen molar-refractivity contribution in [1.29, 1.82) is 0 Å². The van der Waals surface area contributed by atoms with Crippen LogP contribution in [0.1, 0.15) is 82.7 Å². The Morgan fingerprint density at radius 1 is 0.828 bits per heavy atom. The summed E-state index contributed by atoms with van der Waals surface area (Å²) in [5.74, 6) is 1.18. The minimum atomic E-state index is -0.747. The highest BCUT2D eigenvalue weighted by atomic mass is 35.5. The monoisotopic (exact) mass is 854 g/mol. The zero-order valence-corrected chi connectivity index (χ0v) is 35.6. The van der Waals surface area contributed by atoms with Crippen molar-refractivity contribution < 1.29 is 33.4 Å². The van der Waals surface area contributed by atoms with Gasteiger partial charge in [-0.1, -0.05) is 57.0 Å². The van der Waals surface area contributed by atoms with Crippen molar-refractivity contribution in [2.24, 2.45) is 11.8 Å². The Morgan fingerprint density at radius 3 is 1.90 bits per heavy atom. The Labute approximate surface area is 350 Å². The van der Waals surface area contributed by atoms with Gasteiger partial charge in [-0.25, -0.2) is 19.6 Å². The number of aromatic nitrogens is 4. The van der Waals surface area contributed by atoms with Crippen LogP contribution in [0.2, 0.25) is 10.3 Å². The number of imidazole rings is 2. The van der Waals surface area contributed by atoms with Gasteiger partial charge in [-0.15, -0.1) is 11.3 Å². The van der Waals surface area contributed by atoms with Crippen LogP contribution in [-0.2, 0) is 25.5 Å². The first-order valence-electron chi connectivity index (χ1n) is 19.5. The van der Waals surface area contributed by atoms with E-state index in [1.54, 1.807) is 21.1 Å². The van der Waals surface area contributed by atoms with Gasteiger partial charge in [0.05, 0.1) is 49.2 Å². The Kier molecular flexibility index (Phi) is 12.3. The van der Waals surface area contributed by atoms with Gasteiger partial charge < -0.3 is 44.6 Å². The molecule has 0 spiro atoms. The number of H-pyrrole nitrogens is 2. The van der Waals surface area contributed by atoms with E-state index < -0.39 is 24.3 Å². The van der Waals surface area contributed by atoms with E-state index in [2.05, 4.69) is 31.7 Å². The second kappa shape index (κ2) is 17.2. The number of nitrogens with one attached hydrogen (secondary N) is 4. The standard InChI is InChI=1S/C40H48Cl2N8O7S/c1-19(2)28(45-39(53)55-5)37(51)49-14-7-9-24(49)35-43-30(33(41)47-35)21-11-12-23-26(17-21)57-16-13-22-18-27(58-32(22)23)31-34(42)48-36(44-31)25-10-8-15-50(25)38(52)29(20(3)4)46-40(54)56-6/h11-12,17-20,24-25,28-29H,7-10,13-16H2,1-6H3,(H,43,47)(H,44,48)(H,45,53)(H,46,54)/t24-,25-,28-,29-/m0/s1. The van der Waals surface area contributed by atoms with Gasteiger partial charge in [0.1, 0.15) is 29.5 Å². The first-order valence-corrected chi connectivity index (χ1v) is 21.1. The number of benzene rings is 1. The van der Waals surface area contributed by atoms with Crippen LogP contribution in [0.5, 0.6) is 5.75 Å². The lowest BCUT2D eigenvalue weighted by Crippen LogP contribution is -2.51. The van der Waals surface area contributed by atoms with Crippen LogP contribution in [0.3, 0.4) is 0 Å². The predicted octanol–water partition coefficient (Wildman–Crippen LogP) is 7.53. The molecule has 3 aliphatic heterocycles. The molecule has 0 unspecified atom stereocenters. The molecule has 3 aliphatic rings. The maximum Gasteiger partial charge on any atom is 0.407 e. The third-order valence-corrected chi connectivity index (χ3v) is 12.8. The topological polar surface area (TPSA) is 184 Å². The molecule has 4 atom stereocenters. The van der Waals surface area contributed by atoms with Crippen molar-refractivity contribution in [3.05, 3.63) is 51.8 Å². The molecule has 0 aliphatic carbocycles. The molecule has 4 aromatic rings. The number of ether oxygens (including phenoxy) is 3. The first-order chi connectivity index (χ1) is 27.8. The quantitative estimate of drug-likeness (QED) is 0.125. The number of nitrogens with zero attached hydrogens (tertiary/aromatic N) is 4. The van der Waals surface area contributed by atoms with Crippen LogP contribution in [0, 0.1) is 11.8 Å². The van der Waals surface area contributed by atoms with Crippen molar-refractivity contribution >= 4 is 58.5 Å². The van der Waals surface area contributed by atoms with E-state index in [1.807, 2.05) is 45.9 Å². The predicted molar refractivity (Wildman–Crippen MR) is 220 cm³/mol. The van der Waals surface area contributed by atoms with E-state index in [1.165, 1.54) is 14.2 Å². The van der Waals surface area contributed by atoms with Gasteiger partial charge in [0.15, 0.2) is 10.3 Å². The summed E-state index contributed by atoms with van der Waals surface area (Å²) in [5.41, 5.74) is 4.11. The number of hydrogen-bond acceptors (Lipinski definition) is 10. The minimum Gasteiger partial charge on any atom is -0.493 e. The Bertz CT molecular complexity index is 2200. The largest absolute Gasteiger partial charge is 0.493 e. The van der Waals surface area contributed by atoms with Gasteiger partial charge in [0, 0.05) is 35.5 Å². The average molecular weight is 856 g/mol. The van der Waals surface area contributed by atoms with Crippen molar-refractivity contribution in [1.82, 2.24) is 40.4 Å². The van der Waals surface area contributed by atoms with Crippen LogP contribution in [0.15, 0.2) is 24.3 Å². The summed E-state index contributed by atoms with van der Waals surface area (Å²) in [6.07, 6.45) is 2.34. The lowest BCUT2D eigenvalue weighted by molar-refractivity contribution is -0.136. The van der Waals surface area contributed by atoms with Gasteiger partial charge in [0.2, 0.25) is 11.8 Å². The number of hydrogen-bond donors (Lipinski definition) is 4. The lowest BCUT2D eigenvalue weighted by atomic mass is 10.0. The Morgan fingerprint density at radius 2 is 1.36 bits per heavy atom. The summed E-state index contributed by atoms with van der Waals surface area (Å²) < 4.78 is 15.8. The lowest BCUT2D eigenvalue weighted by Gasteiger charge is -2.29. The molecule has 4 N–H and O–H groups in total. The zero-order chi connectivity index (χ0) is 41.4. The number of fused-ring (bicyclic) bond motifs is 3. The molecule has 15 nitrogen and oxygen atoms in total. The highest BCUT2D eigenvalue weighted by Crippen LogP contribution is 2.47. The maximum atomic E-state index is 13.7. The average Bonchev–Trinajstić information content (AvgIpc) is 4.05. The second-order valence-electron chi connectivity index (χ2n) is 15.4. The number of likely N-dealkylation sites (tertiary alicyclic amines) is 2. The molecular weight excluding hydrogens is 807 g/mol. The smallest absolute Gasteiger partial charge is 0.407 e. The van der Waals surface area contributed by atoms with Crippen molar-refractivity contribution in [2.75, 3.05) is 33.9 Å². The summed E-state index contributed by atoms with van der Waals surface area (Å²) in [6, 6.07) is 5.90. The molecule has 0 saturated carbocycles. The van der Waals surface area contributed by atoms with Crippen LogP contribution >= 0.6 is 34.5 Å². The molecule has 3 aromatic heterocycles. The molecule has 4 amide bonds. The van der Waals surface area contributed by atoms with Crippen LogP contribution in [0.4, 0.5) is 9.59 Å². The normalized spacial score (nSPS) is 18.7. The molecule has 0 bridgehead atoms. The fourth-order valence-electron chi connectivity index (χ4n) is 8.02. The van der Waals surface area contributed by atoms with Gasteiger partial charge >= 0.3 is 12.2 Å². The fraction of sp³-hybridized carbons (Fsp3) is 0.500. The van der Waals surface area contributed by atoms with Crippen LogP contribution in [0.25, 0.3) is 32.3 Å². The molecule has 2 saturated heterocycles. The van der Waals surface area contributed by atoms with Gasteiger partial charge in [-0.05, 0) is 61.3 Å². The number of carbonyl (C=O) groups is 4. The van der Waals surface area contributed by atoms with E-state index in [4.69, 9.17) is 42.4 Å². The summed E-state index contributed by atoms with van der Waals surface area (Å²) in [7, 11) is 2.55. The molecule has 18 heteroatoms. The first kappa shape index (κ1) is 41.4. The highest BCUT2D eigenvalue weighted by Gasteiger charge is 2.40. The zero-order valence-electron chi connectivity index (χ0n) is 33.2. The SMILES string of the molecule is COC(=O)N[C@H](C(=O)N1CCC[C@H]1c1nc(Cl)c(-c2ccc3c(c2)OCCc2cc(-c4[nH]c([C@@H]5CCCN5C(=O)[C@@H](NC(=O)OC)C(C)C)nc4Cl)sc2-3)[nH]1)C(C)C. The Balaban J connectivity index is 1.12. The number of carbonyl (C=O) groups excluding carboxylic acids is 4. The molecule has 310 valence electrons. The van der Waals surface area contributed by atoms with Crippen molar-refractivity contribution in [3.8, 4) is 38.0 Å². The number of aromatic amines is 2. The summed E-state index contributed by atoms with van der Waals surface area (Å²) in [4.78, 5) is 73.2. The van der Waals surface area contributed by atoms with Crippen molar-refractivity contribution in [2.45, 2.75) is 84.0 Å². The third kappa shape index (κ3) is 8.10. The van der Waals surface area contributed by atoms with Gasteiger partial charge in [-0.2, -0.15) is 0 Å². The number of methoxy groups -OCH3 is 2. The molecule has 6 heterocycles. The number of rotatable bonds is 10. The maximum absolute atomic E-state index is 13.7. The molecule has 1 aromatic carbocycles. The minimum absolute atomic E-state index is 0.149. The summed E-state index contributed by atoms with van der Waals surface area (Å²) in [5, 5.41) is 5.97.